The maximum absolute atomic E-state index is 10.1. The number of aryl methyl sites for hydroxylation is 1. The van der Waals surface area contributed by atoms with Gasteiger partial charge in [-0.1, -0.05) is 18.2 Å². The van der Waals surface area contributed by atoms with Gasteiger partial charge in [0.15, 0.2) is 17.2 Å². The van der Waals surface area contributed by atoms with Gasteiger partial charge in [-0.05, 0) is 30.7 Å². The molecule has 0 aliphatic rings. The molecular formula is C20H18N4O3S. The fourth-order valence-electron chi connectivity index (χ4n) is 3.00. The summed E-state index contributed by atoms with van der Waals surface area (Å²) in [4.78, 5) is 7.44. The Morgan fingerprint density at radius 1 is 1.07 bits per heavy atom. The Hall–Kier alpha value is -3.39. The van der Waals surface area contributed by atoms with E-state index in [0.717, 1.165) is 27.7 Å². The minimum Gasteiger partial charge on any atom is -0.493 e. The Bertz CT molecular complexity index is 1180. The Kier molecular flexibility index (Phi) is 4.70. The molecule has 0 aliphatic carbocycles. The van der Waals surface area contributed by atoms with E-state index in [1.807, 2.05) is 48.7 Å². The standard InChI is InChI=1S/C20H18N4O3S/c1-11-8-16(26-2)17(27-3)9-13(11)15-10-28-20(22-15)24-23-18-12-6-4-5-7-14(12)21-19(18)25/h4-10,21,25H,1-3H3. The van der Waals surface area contributed by atoms with E-state index in [-0.39, 0.29) is 5.88 Å². The highest BCUT2D eigenvalue weighted by Crippen LogP contribution is 2.39. The summed E-state index contributed by atoms with van der Waals surface area (Å²) in [7, 11) is 3.21. The van der Waals surface area contributed by atoms with Gasteiger partial charge in [0.1, 0.15) is 0 Å². The normalized spacial score (nSPS) is 11.4. The van der Waals surface area contributed by atoms with Crippen LogP contribution < -0.4 is 9.47 Å². The zero-order valence-electron chi connectivity index (χ0n) is 15.6. The Labute approximate surface area is 165 Å². The number of nitrogens with zero attached hydrogens (tertiary/aromatic N) is 3. The van der Waals surface area contributed by atoms with Gasteiger partial charge in [-0.3, -0.25) is 0 Å². The quantitative estimate of drug-likeness (QED) is 0.422. The van der Waals surface area contributed by atoms with Crippen LogP contribution in [0.2, 0.25) is 0 Å². The SMILES string of the molecule is COc1cc(C)c(-c2csc(N=Nc3c(O)[nH]c4ccccc34)n2)cc1OC. The summed E-state index contributed by atoms with van der Waals surface area (Å²) in [5.41, 5.74) is 3.93. The lowest BCUT2D eigenvalue weighted by atomic mass is 10.1. The predicted octanol–water partition coefficient (Wildman–Crippen LogP) is 5.74. The maximum atomic E-state index is 10.1. The van der Waals surface area contributed by atoms with Gasteiger partial charge in [-0.2, -0.15) is 0 Å². The minimum atomic E-state index is -0.0162. The summed E-state index contributed by atoms with van der Waals surface area (Å²) in [6.07, 6.45) is 0. The van der Waals surface area contributed by atoms with Crippen LogP contribution in [0.3, 0.4) is 0 Å². The molecule has 28 heavy (non-hydrogen) atoms. The first-order valence-electron chi connectivity index (χ1n) is 8.50. The van der Waals surface area contributed by atoms with Crippen molar-refractivity contribution in [2.45, 2.75) is 6.92 Å². The van der Waals surface area contributed by atoms with Crippen molar-refractivity contribution in [3.05, 3.63) is 47.3 Å². The first-order chi connectivity index (χ1) is 13.6. The molecule has 7 nitrogen and oxygen atoms in total. The number of ether oxygens (including phenoxy) is 2. The third-order valence-corrected chi connectivity index (χ3v) is 5.12. The molecular weight excluding hydrogens is 376 g/mol. The molecule has 2 heterocycles. The molecule has 142 valence electrons. The number of H-pyrrole nitrogens is 1. The number of aromatic amines is 1. The summed E-state index contributed by atoms with van der Waals surface area (Å²) < 4.78 is 10.7. The van der Waals surface area contributed by atoms with Crippen LogP contribution in [-0.2, 0) is 0 Å². The van der Waals surface area contributed by atoms with Gasteiger partial charge < -0.3 is 19.6 Å². The van der Waals surface area contributed by atoms with Crippen molar-refractivity contribution in [1.82, 2.24) is 9.97 Å². The molecule has 0 unspecified atom stereocenters. The number of rotatable bonds is 5. The molecule has 0 amide bonds. The number of benzene rings is 2. The van der Waals surface area contributed by atoms with Crippen molar-refractivity contribution in [2.75, 3.05) is 14.2 Å². The van der Waals surface area contributed by atoms with Crippen LogP contribution in [0.4, 0.5) is 10.8 Å². The largest absolute Gasteiger partial charge is 0.493 e. The molecule has 4 rings (SSSR count). The molecule has 0 aliphatic heterocycles. The summed E-state index contributed by atoms with van der Waals surface area (Å²) >= 11 is 1.37. The van der Waals surface area contributed by atoms with E-state index in [1.54, 1.807) is 14.2 Å². The Balaban J connectivity index is 1.67. The molecule has 0 atom stereocenters. The van der Waals surface area contributed by atoms with E-state index in [1.165, 1.54) is 11.3 Å². The van der Waals surface area contributed by atoms with Crippen molar-refractivity contribution < 1.29 is 14.6 Å². The van der Waals surface area contributed by atoms with Gasteiger partial charge >= 0.3 is 0 Å². The molecule has 0 saturated carbocycles. The topological polar surface area (TPSA) is 92.1 Å². The van der Waals surface area contributed by atoms with Gasteiger partial charge in [-0.25, -0.2) is 4.98 Å². The first-order valence-corrected chi connectivity index (χ1v) is 9.38. The predicted molar refractivity (Wildman–Crippen MR) is 110 cm³/mol. The van der Waals surface area contributed by atoms with E-state index in [0.29, 0.717) is 22.3 Å². The van der Waals surface area contributed by atoms with E-state index in [4.69, 9.17) is 9.47 Å². The van der Waals surface area contributed by atoms with Gasteiger partial charge in [0, 0.05) is 16.3 Å². The molecule has 4 aromatic rings. The third kappa shape index (κ3) is 3.18. The number of hydrogen-bond donors (Lipinski definition) is 2. The number of para-hydroxylation sites is 1. The number of nitrogens with one attached hydrogen (secondary N) is 1. The summed E-state index contributed by atoms with van der Waals surface area (Å²) in [5.74, 6) is 1.30. The van der Waals surface area contributed by atoms with Gasteiger partial charge in [0.2, 0.25) is 11.0 Å². The van der Waals surface area contributed by atoms with Crippen molar-refractivity contribution in [3.8, 4) is 28.6 Å². The summed E-state index contributed by atoms with van der Waals surface area (Å²) in [6.45, 7) is 1.99. The average Bonchev–Trinajstić information content (AvgIpc) is 3.29. The molecule has 0 radical (unpaired) electrons. The van der Waals surface area contributed by atoms with E-state index < -0.39 is 0 Å². The zero-order valence-corrected chi connectivity index (χ0v) is 16.4. The van der Waals surface area contributed by atoms with E-state index in [2.05, 4.69) is 20.2 Å². The van der Waals surface area contributed by atoms with Gasteiger partial charge in [-0.15, -0.1) is 21.6 Å². The number of aromatic nitrogens is 2. The monoisotopic (exact) mass is 394 g/mol. The van der Waals surface area contributed by atoms with Crippen LogP contribution in [-0.4, -0.2) is 29.3 Å². The molecule has 2 aromatic heterocycles. The van der Waals surface area contributed by atoms with Crippen molar-refractivity contribution >= 4 is 33.1 Å². The van der Waals surface area contributed by atoms with Gasteiger partial charge in [0.05, 0.1) is 25.4 Å². The molecule has 0 saturated heterocycles. The molecule has 2 aromatic carbocycles. The molecule has 2 N–H and O–H groups in total. The molecule has 0 fully saturated rings. The summed E-state index contributed by atoms with van der Waals surface area (Å²) in [6, 6.07) is 11.3. The van der Waals surface area contributed by atoms with Crippen LogP contribution in [0.1, 0.15) is 5.56 Å². The highest BCUT2D eigenvalue weighted by molar-refractivity contribution is 7.13. The highest BCUT2D eigenvalue weighted by Gasteiger charge is 2.14. The molecule has 0 spiro atoms. The lowest BCUT2D eigenvalue weighted by molar-refractivity contribution is 0.355. The maximum Gasteiger partial charge on any atom is 0.230 e. The molecule has 8 heteroatoms. The van der Waals surface area contributed by atoms with Crippen molar-refractivity contribution in [3.63, 3.8) is 0 Å². The van der Waals surface area contributed by atoms with Gasteiger partial charge in [0.25, 0.3) is 0 Å². The van der Waals surface area contributed by atoms with Crippen molar-refractivity contribution in [2.24, 2.45) is 10.2 Å². The van der Waals surface area contributed by atoms with Crippen LogP contribution in [0.15, 0.2) is 52.0 Å². The van der Waals surface area contributed by atoms with Crippen LogP contribution >= 0.6 is 11.3 Å². The van der Waals surface area contributed by atoms with Crippen LogP contribution in [0, 0.1) is 6.92 Å². The van der Waals surface area contributed by atoms with Crippen LogP contribution in [0.25, 0.3) is 22.2 Å². The number of methoxy groups -OCH3 is 2. The fraction of sp³-hybridized carbons (Fsp3) is 0.150. The lowest BCUT2D eigenvalue weighted by Gasteiger charge is -2.11. The number of thiazole rings is 1. The summed E-state index contributed by atoms with van der Waals surface area (Å²) in [5, 5.41) is 21.7. The first kappa shape index (κ1) is 18.0. The van der Waals surface area contributed by atoms with Crippen molar-refractivity contribution in [1.29, 1.82) is 0 Å². The highest BCUT2D eigenvalue weighted by atomic mass is 32.1. The Morgan fingerprint density at radius 2 is 1.82 bits per heavy atom. The second-order valence-corrected chi connectivity index (χ2v) is 6.94. The minimum absolute atomic E-state index is 0.0162. The van der Waals surface area contributed by atoms with E-state index >= 15 is 0 Å². The van der Waals surface area contributed by atoms with Crippen LogP contribution in [0.5, 0.6) is 17.4 Å². The zero-order chi connectivity index (χ0) is 19.7. The third-order valence-electron chi connectivity index (χ3n) is 4.39. The second kappa shape index (κ2) is 7.32. The number of azo groups is 1. The number of fused-ring (bicyclic) bond motifs is 1. The Morgan fingerprint density at radius 3 is 2.61 bits per heavy atom. The average molecular weight is 394 g/mol. The molecule has 0 bridgehead atoms. The lowest BCUT2D eigenvalue weighted by Crippen LogP contribution is -1.93. The van der Waals surface area contributed by atoms with E-state index in [9.17, 15) is 5.11 Å². The number of aromatic hydroxyl groups is 1. The fourth-order valence-corrected chi connectivity index (χ4v) is 3.63. The smallest absolute Gasteiger partial charge is 0.230 e. The number of hydrogen-bond acceptors (Lipinski definition) is 7. The second-order valence-electron chi connectivity index (χ2n) is 6.11.